The minimum Gasteiger partial charge on any atom is -0.507 e. The lowest BCUT2D eigenvalue weighted by Gasteiger charge is -2.39. The number of carbonyl (C=O) groups excluding carboxylic acids is 2. The first-order valence-electron chi connectivity index (χ1n) is 9.44. The fourth-order valence-electron chi connectivity index (χ4n) is 3.81. The summed E-state index contributed by atoms with van der Waals surface area (Å²) in [5.74, 6) is -2.11. The van der Waals surface area contributed by atoms with Crippen molar-refractivity contribution in [2.24, 2.45) is 0 Å². The van der Waals surface area contributed by atoms with Crippen molar-refractivity contribution in [1.82, 2.24) is 0 Å². The third kappa shape index (κ3) is 3.49. The van der Waals surface area contributed by atoms with Gasteiger partial charge in [0.2, 0.25) is 5.78 Å². The summed E-state index contributed by atoms with van der Waals surface area (Å²) in [6.07, 6.45) is -7.31. The molecule has 164 valence electrons. The number of hydrogen-bond donors (Lipinski definition) is 6. The maximum Gasteiger partial charge on any atom is 0.201 e. The van der Waals surface area contributed by atoms with E-state index in [-0.39, 0.29) is 40.2 Å². The van der Waals surface area contributed by atoms with Gasteiger partial charge in [0.05, 0.1) is 24.3 Å². The molecule has 1 saturated heterocycles. The predicted molar refractivity (Wildman–Crippen MR) is 102 cm³/mol. The number of hydrogen-bond acceptors (Lipinski definition) is 10. The molecule has 4 rings (SSSR count). The number of aliphatic hydroxyl groups excluding tert-OH is 4. The van der Waals surface area contributed by atoms with Crippen LogP contribution in [0.5, 0.6) is 11.5 Å². The molecule has 1 heterocycles. The molecule has 0 amide bonds. The van der Waals surface area contributed by atoms with E-state index in [9.17, 15) is 40.2 Å². The van der Waals surface area contributed by atoms with Crippen LogP contribution in [-0.2, 0) is 16.1 Å². The van der Waals surface area contributed by atoms with Gasteiger partial charge in [-0.1, -0.05) is 12.1 Å². The summed E-state index contributed by atoms with van der Waals surface area (Å²) in [4.78, 5) is 25.6. The van der Waals surface area contributed by atoms with E-state index in [2.05, 4.69) is 0 Å². The van der Waals surface area contributed by atoms with Crippen molar-refractivity contribution < 1.29 is 49.7 Å². The van der Waals surface area contributed by atoms with Crippen LogP contribution in [0.1, 0.15) is 37.4 Å². The van der Waals surface area contributed by atoms with Gasteiger partial charge in [0.1, 0.15) is 35.9 Å². The Labute approximate surface area is 175 Å². The average molecular weight is 432 g/mol. The highest BCUT2D eigenvalue weighted by atomic mass is 16.7. The predicted octanol–water partition coefficient (Wildman–Crippen LogP) is -0.810. The van der Waals surface area contributed by atoms with Crippen LogP contribution >= 0.6 is 0 Å². The zero-order valence-electron chi connectivity index (χ0n) is 16.0. The van der Waals surface area contributed by atoms with Crippen molar-refractivity contribution in [2.75, 3.05) is 6.61 Å². The number of rotatable bonds is 4. The van der Waals surface area contributed by atoms with E-state index in [1.165, 1.54) is 30.3 Å². The molecule has 0 bridgehead atoms. The fourth-order valence-corrected chi connectivity index (χ4v) is 3.81. The average Bonchev–Trinajstić information content (AvgIpc) is 2.75. The summed E-state index contributed by atoms with van der Waals surface area (Å²) in [5, 5.41) is 59.3. The number of aromatic hydroxyl groups is 2. The standard InChI is InChI=1S/C21H20O10/c22-6-13-17(26)19(28)20(29)21(31-13)30-7-8-4-10-15(12(24)5-8)18(27)14-9(16(10)25)2-1-3-11(14)23/h1-5,13,17,19-24,26,28-29H,6-7H2. The maximum absolute atomic E-state index is 12.9. The smallest absolute Gasteiger partial charge is 0.201 e. The molecule has 6 N–H and O–H groups in total. The van der Waals surface area contributed by atoms with Crippen molar-refractivity contribution in [3.63, 3.8) is 0 Å². The fraction of sp³-hybridized carbons (Fsp3) is 0.333. The third-order valence-corrected chi connectivity index (χ3v) is 5.43. The monoisotopic (exact) mass is 432 g/mol. The van der Waals surface area contributed by atoms with Crippen molar-refractivity contribution in [3.05, 3.63) is 58.1 Å². The van der Waals surface area contributed by atoms with Crippen molar-refractivity contribution in [2.45, 2.75) is 37.3 Å². The van der Waals surface area contributed by atoms with Crippen LogP contribution < -0.4 is 0 Å². The van der Waals surface area contributed by atoms with E-state index >= 15 is 0 Å². The van der Waals surface area contributed by atoms with Crippen LogP contribution in [0, 0.1) is 0 Å². The van der Waals surface area contributed by atoms with Crippen molar-refractivity contribution in [3.8, 4) is 11.5 Å². The third-order valence-electron chi connectivity index (χ3n) is 5.43. The van der Waals surface area contributed by atoms with Gasteiger partial charge in [-0.15, -0.1) is 0 Å². The van der Waals surface area contributed by atoms with Gasteiger partial charge < -0.3 is 40.1 Å². The van der Waals surface area contributed by atoms with Gasteiger partial charge in [0, 0.05) is 11.1 Å². The first-order chi connectivity index (χ1) is 14.7. The van der Waals surface area contributed by atoms with E-state index in [1.54, 1.807) is 0 Å². The van der Waals surface area contributed by atoms with Crippen LogP contribution in [0.2, 0.25) is 0 Å². The summed E-state index contributed by atoms with van der Waals surface area (Å²) in [5.41, 5.74) is -0.228. The molecule has 1 aliphatic heterocycles. The number of ketones is 2. The molecule has 0 spiro atoms. The molecule has 10 nitrogen and oxygen atoms in total. The molecule has 0 saturated carbocycles. The molecule has 31 heavy (non-hydrogen) atoms. The first-order valence-corrected chi connectivity index (χ1v) is 9.44. The number of ether oxygens (including phenoxy) is 2. The molecule has 2 aromatic carbocycles. The quantitative estimate of drug-likeness (QED) is 0.306. The Balaban J connectivity index is 1.60. The number of aliphatic hydroxyl groups is 4. The van der Waals surface area contributed by atoms with Crippen LogP contribution in [-0.4, -0.2) is 79.5 Å². The van der Waals surface area contributed by atoms with E-state index in [0.717, 1.165) is 0 Å². The van der Waals surface area contributed by atoms with Crippen LogP contribution in [0.4, 0.5) is 0 Å². The second-order valence-electron chi connectivity index (χ2n) is 7.40. The number of phenols is 2. The lowest BCUT2D eigenvalue weighted by atomic mass is 9.82. The lowest BCUT2D eigenvalue weighted by molar-refractivity contribution is -0.304. The van der Waals surface area contributed by atoms with E-state index < -0.39 is 54.6 Å². The highest BCUT2D eigenvalue weighted by Gasteiger charge is 2.44. The van der Waals surface area contributed by atoms with Crippen molar-refractivity contribution in [1.29, 1.82) is 0 Å². The highest BCUT2D eigenvalue weighted by molar-refractivity contribution is 6.30. The zero-order chi connectivity index (χ0) is 22.4. The molecular formula is C21H20O10. The Bertz CT molecular complexity index is 1050. The summed E-state index contributed by atoms with van der Waals surface area (Å²) < 4.78 is 10.7. The number of phenolic OH excluding ortho intramolecular Hbond substituents is 2. The molecular weight excluding hydrogens is 412 g/mol. The second-order valence-corrected chi connectivity index (χ2v) is 7.40. The van der Waals surface area contributed by atoms with Crippen LogP contribution in [0.25, 0.3) is 0 Å². The van der Waals surface area contributed by atoms with Gasteiger partial charge >= 0.3 is 0 Å². The Kier molecular flexibility index (Phi) is 5.52. The van der Waals surface area contributed by atoms with Crippen LogP contribution in [0.15, 0.2) is 30.3 Å². The van der Waals surface area contributed by atoms with E-state index in [1.807, 2.05) is 0 Å². The molecule has 0 aromatic heterocycles. The van der Waals surface area contributed by atoms with Gasteiger partial charge in [-0.25, -0.2) is 0 Å². The SMILES string of the molecule is O=C1c2cccc(O)c2C(=O)c2c(O)cc(COC3OC(CO)C(O)C(O)C3O)cc21. The first kappa shape index (κ1) is 21.4. The zero-order valence-corrected chi connectivity index (χ0v) is 16.0. The number of carbonyl (C=O) groups is 2. The minimum absolute atomic E-state index is 0.00361. The summed E-state index contributed by atoms with van der Waals surface area (Å²) in [7, 11) is 0. The molecule has 5 atom stereocenters. The Morgan fingerprint density at radius 3 is 2.29 bits per heavy atom. The van der Waals surface area contributed by atoms with Crippen molar-refractivity contribution >= 4 is 11.6 Å². The Hall–Kier alpha value is -2.86. The largest absolute Gasteiger partial charge is 0.507 e. The molecule has 2 aliphatic rings. The molecule has 2 aromatic rings. The van der Waals surface area contributed by atoms with Gasteiger partial charge in [0.25, 0.3) is 0 Å². The number of fused-ring (bicyclic) bond motifs is 2. The van der Waals surface area contributed by atoms with Gasteiger partial charge in [-0.2, -0.15) is 0 Å². The number of benzene rings is 2. The molecule has 1 fully saturated rings. The topological polar surface area (TPSA) is 174 Å². The second kappa shape index (κ2) is 8.00. The van der Waals surface area contributed by atoms with Gasteiger partial charge in [-0.05, 0) is 23.8 Å². The highest BCUT2D eigenvalue weighted by Crippen LogP contribution is 2.37. The lowest BCUT2D eigenvalue weighted by Crippen LogP contribution is -2.59. The minimum atomic E-state index is -1.61. The molecule has 5 unspecified atom stereocenters. The summed E-state index contributed by atoms with van der Waals surface area (Å²) in [6.45, 7) is -0.912. The van der Waals surface area contributed by atoms with E-state index in [4.69, 9.17) is 9.47 Å². The Morgan fingerprint density at radius 1 is 0.871 bits per heavy atom. The Morgan fingerprint density at radius 2 is 1.58 bits per heavy atom. The van der Waals surface area contributed by atoms with Gasteiger partial charge in [-0.3, -0.25) is 9.59 Å². The van der Waals surface area contributed by atoms with Gasteiger partial charge in [0.15, 0.2) is 12.1 Å². The normalized spacial score (nSPS) is 27.7. The molecule has 10 heteroatoms. The molecule has 0 radical (unpaired) electrons. The molecule has 1 aliphatic carbocycles. The van der Waals surface area contributed by atoms with E-state index in [0.29, 0.717) is 0 Å². The summed E-state index contributed by atoms with van der Waals surface area (Å²) >= 11 is 0. The summed E-state index contributed by atoms with van der Waals surface area (Å²) in [6, 6.07) is 6.63. The van der Waals surface area contributed by atoms with Crippen LogP contribution in [0.3, 0.4) is 0 Å². The maximum atomic E-state index is 12.9.